The van der Waals surface area contributed by atoms with E-state index >= 15 is 0 Å². The number of anilines is 1. The van der Waals surface area contributed by atoms with Gasteiger partial charge in [0.15, 0.2) is 5.69 Å². The maximum absolute atomic E-state index is 12.0. The molecule has 7 nitrogen and oxygen atoms in total. The molecule has 0 spiro atoms. The van der Waals surface area contributed by atoms with Crippen molar-refractivity contribution in [3.8, 4) is 0 Å². The second-order valence-electron chi connectivity index (χ2n) is 7.34. The molecule has 0 fully saturated rings. The monoisotopic (exact) mass is 366 g/mol. The SMILES string of the molecule is O=C1CN=CNc2c1ncn2CCCCC1(C(=O)O)Cc2ccccc2C1. The molecule has 2 aromatic rings. The minimum Gasteiger partial charge on any atom is -0.481 e. The zero-order valence-corrected chi connectivity index (χ0v) is 15.0. The Kier molecular flexibility index (Phi) is 4.51. The fraction of sp³-hybridized carbons (Fsp3) is 0.400. The molecule has 0 atom stereocenters. The van der Waals surface area contributed by atoms with E-state index in [0.717, 1.165) is 24.0 Å². The van der Waals surface area contributed by atoms with Gasteiger partial charge in [0.25, 0.3) is 0 Å². The van der Waals surface area contributed by atoms with Gasteiger partial charge in [0, 0.05) is 6.54 Å². The number of unbranched alkanes of at least 4 members (excludes halogenated alkanes) is 1. The fourth-order valence-electron chi connectivity index (χ4n) is 4.09. The molecule has 2 heterocycles. The first-order chi connectivity index (χ1) is 13.1. The number of aliphatic carboxylic acids is 1. The van der Waals surface area contributed by atoms with Crippen molar-refractivity contribution in [2.75, 3.05) is 11.9 Å². The number of carbonyl (C=O) groups is 2. The van der Waals surface area contributed by atoms with Gasteiger partial charge in [-0.05, 0) is 36.8 Å². The van der Waals surface area contributed by atoms with Crippen LogP contribution in [0.2, 0.25) is 0 Å². The van der Waals surface area contributed by atoms with Crippen molar-refractivity contribution >= 4 is 23.9 Å². The maximum Gasteiger partial charge on any atom is 0.310 e. The first-order valence-electron chi connectivity index (χ1n) is 9.22. The number of aryl methyl sites for hydroxylation is 1. The van der Waals surface area contributed by atoms with Crippen LogP contribution in [0.4, 0.5) is 5.82 Å². The Bertz CT molecular complexity index is 891. The summed E-state index contributed by atoms with van der Waals surface area (Å²) in [5.74, 6) is -0.139. The summed E-state index contributed by atoms with van der Waals surface area (Å²) in [6, 6.07) is 8.01. The summed E-state index contributed by atoms with van der Waals surface area (Å²) in [5.41, 5.74) is 2.03. The second-order valence-corrected chi connectivity index (χ2v) is 7.34. The summed E-state index contributed by atoms with van der Waals surface area (Å²) in [6.45, 7) is 0.789. The largest absolute Gasteiger partial charge is 0.481 e. The number of carbonyl (C=O) groups excluding carboxylic acids is 1. The van der Waals surface area contributed by atoms with Gasteiger partial charge in [0.05, 0.1) is 18.1 Å². The summed E-state index contributed by atoms with van der Waals surface area (Å²) in [5, 5.41) is 12.9. The molecule has 0 bridgehead atoms. The first-order valence-corrected chi connectivity index (χ1v) is 9.22. The van der Waals surface area contributed by atoms with Gasteiger partial charge in [-0.3, -0.25) is 14.6 Å². The molecule has 0 radical (unpaired) electrons. The molecular weight excluding hydrogens is 344 g/mol. The molecule has 0 unspecified atom stereocenters. The molecule has 7 heteroatoms. The van der Waals surface area contributed by atoms with Crippen molar-refractivity contribution in [2.45, 2.75) is 38.6 Å². The molecule has 1 aromatic carbocycles. The summed E-state index contributed by atoms with van der Waals surface area (Å²) >= 11 is 0. The maximum atomic E-state index is 12.0. The number of aromatic nitrogens is 2. The predicted molar refractivity (Wildman–Crippen MR) is 101 cm³/mol. The van der Waals surface area contributed by atoms with Crippen LogP contribution in [0.3, 0.4) is 0 Å². The number of benzene rings is 1. The van der Waals surface area contributed by atoms with Gasteiger partial charge in [-0.25, -0.2) is 4.98 Å². The molecule has 0 saturated heterocycles. The van der Waals surface area contributed by atoms with Crippen LogP contribution in [-0.4, -0.2) is 39.3 Å². The van der Waals surface area contributed by atoms with E-state index in [1.54, 1.807) is 6.33 Å². The average molecular weight is 366 g/mol. The number of fused-ring (bicyclic) bond motifs is 2. The van der Waals surface area contributed by atoms with Gasteiger partial charge in [-0.2, -0.15) is 0 Å². The standard InChI is InChI=1S/C20H22N4O3/c25-16-11-21-12-22-18-17(16)23-13-24(18)8-4-3-7-20(19(26)27)9-14-5-1-2-6-15(14)10-20/h1-2,5-6,12-13H,3-4,7-11H2,(H,21,22)(H,26,27). The molecule has 0 saturated carbocycles. The van der Waals surface area contributed by atoms with E-state index in [4.69, 9.17) is 0 Å². The Morgan fingerprint density at radius 2 is 1.96 bits per heavy atom. The molecule has 2 aliphatic rings. The number of hydrogen-bond donors (Lipinski definition) is 2. The van der Waals surface area contributed by atoms with Crippen LogP contribution in [-0.2, 0) is 24.2 Å². The van der Waals surface area contributed by atoms with E-state index < -0.39 is 11.4 Å². The van der Waals surface area contributed by atoms with Crippen LogP contribution in [0.15, 0.2) is 35.6 Å². The highest BCUT2D eigenvalue weighted by Gasteiger charge is 2.43. The fourth-order valence-corrected chi connectivity index (χ4v) is 4.09. The summed E-state index contributed by atoms with van der Waals surface area (Å²) in [6.07, 6.45) is 6.65. The summed E-state index contributed by atoms with van der Waals surface area (Å²) in [4.78, 5) is 32.1. The lowest BCUT2D eigenvalue weighted by atomic mass is 9.80. The Hall–Kier alpha value is -2.96. The highest BCUT2D eigenvalue weighted by Crippen LogP contribution is 2.41. The normalized spacial score (nSPS) is 17.1. The van der Waals surface area contributed by atoms with Gasteiger partial charge in [0.2, 0.25) is 5.78 Å². The van der Waals surface area contributed by atoms with E-state index in [9.17, 15) is 14.7 Å². The van der Waals surface area contributed by atoms with Crippen molar-refractivity contribution in [1.29, 1.82) is 0 Å². The Balaban J connectivity index is 1.38. The summed E-state index contributed by atoms with van der Waals surface area (Å²) < 4.78 is 1.90. The number of rotatable bonds is 6. The van der Waals surface area contributed by atoms with Crippen molar-refractivity contribution in [1.82, 2.24) is 9.55 Å². The minimum absolute atomic E-state index is 0.0986. The third-order valence-electron chi connectivity index (χ3n) is 5.56. The Labute approximate surface area is 157 Å². The van der Waals surface area contributed by atoms with Crippen LogP contribution >= 0.6 is 0 Å². The molecule has 1 aromatic heterocycles. The number of nitrogens with zero attached hydrogens (tertiary/aromatic N) is 3. The first kappa shape index (κ1) is 17.5. The summed E-state index contributed by atoms with van der Waals surface area (Å²) in [7, 11) is 0. The average Bonchev–Trinajstić information content (AvgIpc) is 3.19. The van der Waals surface area contributed by atoms with Gasteiger partial charge in [0.1, 0.15) is 12.4 Å². The molecule has 1 aliphatic heterocycles. The smallest absolute Gasteiger partial charge is 0.310 e. The predicted octanol–water partition coefficient (Wildman–Crippen LogP) is 2.56. The number of ketones is 1. The van der Waals surface area contributed by atoms with Crippen molar-refractivity contribution in [3.05, 3.63) is 47.4 Å². The van der Waals surface area contributed by atoms with Crippen LogP contribution in [0.5, 0.6) is 0 Å². The number of carboxylic acids is 1. The van der Waals surface area contributed by atoms with Crippen LogP contribution in [0, 0.1) is 5.41 Å². The molecule has 1 aliphatic carbocycles. The Morgan fingerprint density at radius 1 is 1.22 bits per heavy atom. The zero-order chi connectivity index (χ0) is 18.9. The molecular formula is C20H22N4O3. The highest BCUT2D eigenvalue weighted by atomic mass is 16.4. The lowest BCUT2D eigenvalue weighted by molar-refractivity contribution is -0.149. The number of imidazole rings is 1. The quantitative estimate of drug-likeness (QED) is 0.766. The molecule has 2 N–H and O–H groups in total. The van der Waals surface area contributed by atoms with Crippen LogP contribution < -0.4 is 5.32 Å². The van der Waals surface area contributed by atoms with Gasteiger partial charge in [-0.15, -0.1) is 0 Å². The van der Waals surface area contributed by atoms with E-state index in [1.807, 2.05) is 28.8 Å². The number of Topliss-reactive ketones (excluding diaryl/α,β-unsaturated/α-hetero) is 1. The molecule has 27 heavy (non-hydrogen) atoms. The van der Waals surface area contributed by atoms with E-state index in [0.29, 0.717) is 37.3 Å². The molecule has 4 rings (SSSR count). The molecule has 0 amide bonds. The zero-order valence-electron chi connectivity index (χ0n) is 15.0. The number of nitrogens with one attached hydrogen (secondary N) is 1. The molecule has 140 valence electrons. The number of aliphatic imine (C=N–C) groups is 1. The van der Waals surface area contributed by atoms with Crippen molar-refractivity contribution in [3.63, 3.8) is 0 Å². The number of carboxylic acid groups (broad SMARTS) is 1. The lowest BCUT2D eigenvalue weighted by Crippen LogP contribution is -2.31. The van der Waals surface area contributed by atoms with Gasteiger partial charge < -0.3 is 15.0 Å². The van der Waals surface area contributed by atoms with E-state index in [-0.39, 0.29) is 12.3 Å². The minimum atomic E-state index is -0.710. The van der Waals surface area contributed by atoms with E-state index in [1.165, 1.54) is 6.34 Å². The third-order valence-corrected chi connectivity index (χ3v) is 5.56. The van der Waals surface area contributed by atoms with Gasteiger partial charge in [-0.1, -0.05) is 30.7 Å². The van der Waals surface area contributed by atoms with Crippen molar-refractivity contribution < 1.29 is 14.7 Å². The van der Waals surface area contributed by atoms with Gasteiger partial charge >= 0.3 is 5.97 Å². The highest BCUT2D eigenvalue weighted by molar-refractivity contribution is 6.04. The third kappa shape index (κ3) is 3.25. The lowest BCUT2D eigenvalue weighted by Gasteiger charge is -2.23. The van der Waals surface area contributed by atoms with E-state index in [2.05, 4.69) is 15.3 Å². The van der Waals surface area contributed by atoms with Crippen LogP contribution in [0.1, 0.15) is 40.9 Å². The Morgan fingerprint density at radius 3 is 2.67 bits per heavy atom. The van der Waals surface area contributed by atoms with Crippen molar-refractivity contribution in [2.24, 2.45) is 10.4 Å². The van der Waals surface area contributed by atoms with Crippen LogP contribution in [0.25, 0.3) is 0 Å². The topological polar surface area (TPSA) is 96.6 Å². The number of hydrogen-bond acceptors (Lipinski definition) is 5. The second kappa shape index (κ2) is 6.98.